The average Bonchev–Trinajstić information content (AvgIpc) is 3.41. The molecule has 5 nitrogen and oxygen atoms in total. The first-order chi connectivity index (χ1) is 15.2. The van der Waals surface area contributed by atoms with E-state index in [1.54, 1.807) is 12.1 Å². The van der Waals surface area contributed by atoms with Crippen LogP contribution in [0.3, 0.4) is 0 Å². The van der Waals surface area contributed by atoms with Crippen molar-refractivity contribution in [1.29, 1.82) is 0 Å². The number of rotatable bonds is 4. The fourth-order valence-electron chi connectivity index (χ4n) is 5.36. The lowest BCUT2D eigenvalue weighted by Gasteiger charge is -2.35. The normalized spacial score (nSPS) is 21.3. The van der Waals surface area contributed by atoms with Crippen molar-refractivity contribution in [3.8, 4) is 0 Å². The van der Waals surface area contributed by atoms with E-state index in [-0.39, 0.29) is 17.6 Å². The van der Waals surface area contributed by atoms with E-state index in [1.165, 1.54) is 17.7 Å². The number of pyridine rings is 1. The SMILES string of the molecule is O=C(N1CCOC[C@@H](Cc2cccn3nccc23)C1)C1(c2ccc(F)cc2)CCCC1. The molecule has 2 fully saturated rings. The molecule has 1 aromatic carbocycles. The van der Waals surface area contributed by atoms with Crippen molar-refractivity contribution in [3.05, 3.63) is 71.8 Å². The summed E-state index contributed by atoms with van der Waals surface area (Å²) in [5.41, 5.74) is 2.73. The summed E-state index contributed by atoms with van der Waals surface area (Å²) >= 11 is 0. The Morgan fingerprint density at radius 3 is 2.77 bits per heavy atom. The van der Waals surface area contributed by atoms with Crippen molar-refractivity contribution in [2.75, 3.05) is 26.3 Å². The molecule has 2 aliphatic rings. The third-order valence-corrected chi connectivity index (χ3v) is 6.92. The van der Waals surface area contributed by atoms with Crippen molar-refractivity contribution >= 4 is 11.4 Å². The standard InChI is InChI=1S/C25H28FN3O2/c26-22-7-5-21(6-8-22)25(10-1-2-11-25)24(30)28-14-15-31-18-19(17-28)16-20-4-3-13-29-23(20)9-12-27-29/h3-9,12-13,19H,1-2,10-11,14-18H2/t19-/m0/s1. The Morgan fingerprint density at radius 2 is 1.97 bits per heavy atom. The number of carbonyl (C=O) groups is 1. The topological polar surface area (TPSA) is 46.8 Å². The number of fused-ring (bicyclic) bond motifs is 1. The molecule has 1 saturated heterocycles. The van der Waals surface area contributed by atoms with E-state index in [4.69, 9.17) is 4.74 Å². The van der Waals surface area contributed by atoms with Gasteiger partial charge in [0.05, 0.1) is 24.1 Å². The second-order valence-electron chi connectivity index (χ2n) is 8.89. The maximum atomic E-state index is 13.9. The van der Waals surface area contributed by atoms with Gasteiger partial charge >= 0.3 is 0 Å². The molecule has 6 heteroatoms. The van der Waals surface area contributed by atoms with E-state index in [2.05, 4.69) is 11.2 Å². The van der Waals surface area contributed by atoms with Crippen LogP contribution < -0.4 is 0 Å². The Morgan fingerprint density at radius 1 is 1.16 bits per heavy atom. The average molecular weight is 422 g/mol. The van der Waals surface area contributed by atoms with Crippen molar-refractivity contribution in [2.24, 2.45) is 5.92 Å². The van der Waals surface area contributed by atoms with E-state index in [0.717, 1.165) is 43.2 Å². The Balaban J connectivity index is 1.39. The molecule has 0 unspecified atom stereocenters. The number of amides is 1. The summed E-state index contributed by atoms with van der Waals surface area (Å²) in [5.74, 6) is 0.135. The van der Waals surface area contributed by atoms with Gasteiger partial charge in [-0.25, -0.2) is 8.91 Å². The first-order valence-electron chi connectivity index (χ1n) is 11.2. The van der Waals surface area contributed by atoms with Gasteiger partial charge in [0, 0.05) is 31.4 Å². The van der Waals surface area contributed by atoms with Crippen molar-refractivity contribution < 1.29 is 13.9 Å². The van der Waals surface area contributed by atoms with Gasteiger partial charge in [-0.2, -0.15) is 5.10 Å². The highest BCUT2D eigenvalue weighted by molar-refractivity contribution is 5.88. The van der Waals surface area contributed by atoms with Gasteiger partial charge in [-0.3, -0.25) is 4.79 Å². The molecule has 1 aliphatic heterocycles. The fourth-order valence-corrected chi connectivity index (χ4v) is 5.36. The number of hydrogen-bond donors (Lipinski definition) is 0. The molecule has 1 aliphatic carbocycles. The van der Waals surface area contributed by atoms with Crippen molar-refractivity contribution in [3.63, 3.8) is 0 Å². The van der Waals surface area contributed by atoms with Gasteiger partial charge in [0.2, 0.25) is 5.91 Å². The number of benzene rings is 1. The van der Waals surface area contributed by atoms with Crippen LogP contribution in [0.25, 0.3) is 5.52 Å². The number of ether oxygens (including phenoxy) is 1. The Kier molecular flexibility index (Phi) is 5.48. The molecule has 162 valence electrons. The predicted octanol–water partition coefficient (Wildman–Crippen LogP) is 4.00. The Labute approximate surface area is 181 Å². The highest BCUT2D eigenvalue weighted by atomic mass is 19.1. The molecule has 1 amide bonds. The lowest BCUT2D eigenvalue weighted by molar-refractivity contribution is -0.137. The quantitative estimate of drug-likeness (QED) is 0.640. The third-order valence-electron chi connectivity index (χ3n) is 6.92. The zero-order chi connectivity index (χ0) is 21.3. The molecular weight excluding hydrogens is 393 g/mol. The van der Waals surface area contributed by atoms with Crippen LogP contribution in [0.4, 0.5) is 4.39 Å². The van der Waals surface area contributed by atoms with Gasteiger partial charge in [0.25, 0.3) is 0 Å². The van der Waals surface area contributed by atoms with Crippen LogP contribution in [0.15, 0.2) is 54.9 Å². The van der Waals surface area contributed by atoms with Crippen LogP contribution in [0.1, 0.15) is 36.8 Å². The maximum Gasteiger partial charge on any atom is 0.233 e. The minimum absolute atomic E-state index is 0.176. The van der Waals surface area contributed by atoms with Crippen molar-refractivity contribution in [1.82, 2.24) is 14.5 Å². The third kappa shape index (κ3) is 3.85. The largest absolute Gasteiger partial charge is 0.379 e. The highest BCUT2D eigenvalue weighted by Gasteiger charge is 2.45. The second kappa shape index (κ2) is 8.42. The minimum Gasteiger partial charge on any atom is -0.379 e. The molecule has 0 radical (unpaired) electrons. The van der Waals surface area contributed by atoms with Gasteiger partial charge < -0.3 is 9.64 Å². The van der Waals surface area contributed by atoms with E-state index in [9.17, 15) is 9.18 Å². The van der Waals surface area contributed by atoms with Gasteiger partial charge in [-0.1, -0.05) is 31.0 Å². The number of aromatic nitrogens is 2. The monoisotopic (exact) mass is 421 g/mol. The van der Waals surface area contributed by atoms with Crippen LogP contribution in [0.5, 0.6) is 0 Å². The molecular formula is C25H28FN3O2. The van der Waals surface area contributed by atoms with E-state index in [0.29, 0.717) is 26.3 Å². The van der Waals surface area contributed by atoms with Crippen LogP contribution in [-0.2, 0) is 21.4 Å². The summed E-state index contributed by atoms with van der Waals surface area (Å²) in [7, 11) is 0. The zero-order valence-corrected chi connectivity index (χ0v) is 17.7. The molecule has 31 heavy (non-hydrogen) atoms. The summed E-state index contributed by atoms with van der Waals surface area (Å²) in [6.45, 7) is 2.48. The van der Waals surface area contributed by atoms with E-state index < -0.39 is 5.41 Å². The Hall–Kier alpha value is -2.73. The molecule has 5 rings (SSSR count). The highest BCUT2D eigenvalue weighted by Crippen LogP contribution is 2.43. The van der Waals surface area contributed by atoms with Crippen molar-refractivity contribution in [2.45, 2.75) is 37.5 Å². The fraction of sp³-hybridized carbons (Fsp3) is 0.440. The minimum atomic E-state index is -0.534. The molecule has 1 saturated carbocycles. The van der Waals surface area contributed by atoms with E-state index in [1.807, 2.05) is 33.9 Å². The lowest BCUT2D eigenvalue weighted by atomic mass is 9.77. The molecule has 0 bridgehead atoms. The second-order valence-corrected chi connectivity index (χ2v) is 8.89. The number of halogens is 1. The van der Waals surface area contributed by atoms with Crippen LogP contribution in [0.2, 0.25) is 0 Å². The van der Waals surface area contributed by atoms with Gasteiger partial charge in [-0.15, -0.1) is 0 Å². The molecule has 2 aromatic heterocycles. The molecule has 3 heterocycles. The zero-order valence-electron chi connectivity index (χ0n) is 17.7. The summed E-state index contributed by atoms with van der Waals surface area (Å²) < 4.78 is 21.3. The van der Waals surface area contributed by atoms with E-state index >= 15 is 0 Å². The first-order valence-corrected chi connectivity index (χ1v) is 11.2. The van der Waals surface area contributed by atoms with Crippen LogP contribution >= 0.6 is 0 Å². The Bertz CT molecular complexity index is 1060. The summed E-state index contributed by atoms with van der Waals surface area (Å²) in [6.07, 6.45) is 8.31. The van der Waals surface area contributed by atoms with Crippen LogP contribution in [-0.4, -0.2) is 46.7 Å². The number of nitrogens with zero attached hydrogens (tertiary/aromatic N) is 3. The van der Waals surface area contributed by atoms with Gasteiger partial charge in [0.1, 0.15) is 5.82 Å². The molecule has 3 aromatic rings. The van der Waals surface area contributed by atoms with Crippen LogP contribution in [0, 0.1) is 11.7 Å². The van der Waals surface area contributed by atoms with Gasteiger partial charge in [-0.05, 0) is 54.7 Å². The lowest BCUT2D eigenvalue weighted by Crippen LogP contribution is -2.47. The summed E-state index contributed by atoms with van der Waals surface area (Å²) in [5, 5.41) is 4.33. The summed E-state index contributed by atoms with van der Waals surface area (Å²) in [6, 6.07) is 12.7. The summed E-state index contributed by atoms with van der Waals surface area (Å²) in [4.78, 5) is 15.9. The maximum absolute atomic E-state index is 13.9. The predicted molar refractivity (Wildman–Crippen MR) is 116 cm³/mol. The van der Waals surface area contributed by atoms with Gasteiger partial charge in [0.15, 0.2) is 0 Å². The first kappa shape index (κ1) is 20.2. The number of hydrogen-bond acceptors (Lipinski definition) is 3. The number of carbonyl (C=O) groups excluding carboxylic acids is 1. The molecule has 0 spiro atoms. The smallest absolute Gasteiger partial charge is 0.233 e. The molecule has 0 N–H and O–H groups in total. The molecule has 1 atom stereocenters.